The Hall–Kier alpha value is -2.14. The Labute approximate surface area is 142 Å². The topological polar surface area (TPSA) is 75.6 Å². The summed E-state index contributed by atoms with van der Waals surface area (Å²) in [5.41, 5.74) is 1.38. The first-order valence-electron chi connectivity index (χ1n) is 8.18. The van der Waals surface area contributed by atoms with Gasteiger partial charge in [-0.2, -0.15) is 0 Å². The van der Waals surface area contributed by atoms with Crippen LogP contribution in [0.4, 0.5) is 5.69 Å². The van der Waals surface area contributed by atoms with Crippen molar-refractivity contribution in [1.29, 1.82) is 0 Å². The smallest absolute Gasteiger partial charge is 0.338 e. The third-order valence-electron chi connectivity index (χ3n) is 4.36. The lowest BCUT2D eigenvalue weighted by Crippen LogP contribution is -2.42. The third-order valence-corrected chi connectivity index (χ3v) is 4.36. The van der Waals surface area contributed by atoms with Crippen molar-refractivity contribution in [2.75, 3.05) is 11.9 Å². The van der Waals surface area contributed by atoms with Crippen molar-refractivity contribution in [2.24, 2.45) is 5.41 Å². The minimum absolute atomic E-state index is 0.0565. The summed E-state index contributed by atoms with van der Waals surface area (Å²) in [5, 5.41) is 13.9. The van der Waals surface area contributed by atoms with Gasteiger partial charge in [0.15, 0.2) is 5.78 Å². The molecular formula is C19H25NO4. The van der Waals surface area contributed by atoms with Gasteiger partial charge < -0.3 is 15.2 Å². The van der Waals surface area contributed by atoms with Crippen molar-refractivity contribution in [2.45, 2.75) is 46.3 Å². The molecule has 0 saturated heterocycles. The van der Waals surface area contributed by atoms with Crippen molar-refractivity contribution < 1.29 is 19.4 Å². The fourth-order valence-electron chi connectivity index (χ4n) is 2.83. The van der Waals surface area contributed by atoms with Crippen molar-refractivity contribution >= 4 is 17.4 Å². The van der Waals surface area contributed by atoms with Crippen LogP contribution in [0.1, 0.15) is 44.5 Å². The van der Waals surface area contributed by atoms with E-state index in [-0.39, 0.29) is 17.8 Å². The van der Waals surface area contributed by atoms with E-state index < -0.39 is 11.5 Å². The Kier molecular flexibility index (Phi) is 5.44. The summed E-state index contributed by atoms with van der Waals surface area (Å²) in [6.07, 6.45) is 1.39. The van der Waals surface area contributed by atoms with Crippen LogP contribution in [0.2, 0.25) is 0 Å². The predicted octanol–water partition coefficient (Wildman–Crippen LogP) is 2.95. The number of aliphatic hydroxyl groups excluding tert-OH is 1. The van der Waals surface area contributed by atoms with E-state index in [1.165, 1.54) is 0 Å². The molecule has 2 atom stereocenters. The van der Waals surface area contributed by atoms with Crippen LogP contribution in [0.25, 0.3) is 0 Å². The molecule has 0 amide bonds. The minimum Gasteiger partial charge on any atom is -0.462 e. The van der Waals surface area contributed by atoms with Gasteiger partial charge in [-0.05, 0) is 43.7 Å². The predicted molar refractivity (Wildman–Crippen MR) is 93.0 cm³/mol. The minimum atomic E-state index is -0.705. The second-order valence-corrected chi connectivity index (χ2v) is 6.85. The number of hydrogen-bond donors (Lipinski definition) is 2. The summed E-state index contributed by atoms with van der Waals surface area (Å²) < 4.78 is 4.96. The number of hydrogen-bond acceptors (Lipinski definition) is 5. The molecule has 1 aromatic rings. The first kappa shape index (κ1) is 18.2. The molecule has 0 spiro atoms. The average molecular weight is 331 g/mol. The van der Waals surface area contributed by atoms with Crippen molar-refractivity contribution in [3.63, 3.8) is 0 Å². The number of Topliss-reactive ketones (excluding diaryl/α,β-unsaturated/α-hetero) is 1. The van der Waals surface area contributed by atoms with Gasteiger partial charge >= 0.3 is 5.97 Å². The van der Waals surface area contributed by atoms with E-state index >= 15 is 0 Å². The summed E-state index contributed by atoms with van der Waals surface area (Å²) in [7, 11) is 0. The largest absolute Gasteiger partial charge is 0.462 e. The zero-order valence-electron chi connectivity index (χ0n) is 14.6. The van der Waals surface area contributed by atoms with E-state index in [1.807, 2.05) is 13.8 Å². The fraction of sp³-hybridized carbons (Fsp3) is 0.474. The maximum absolute atomic E-state index is 12.1. The molecule has 1 aromatic carbocycles. The number of esters is 1. The van der Waals surface area contributed by atoms with Gasteiger partial charge in [0.05, 0.1) is 24.3 Å². The molecule has 1 aliphatic carbocycles. The summed E-state index contributed by atoms with van der Waals surface area (Å²) in [5.74, 6) is -0.304. The van der Waals surface area contributed by atoms with Crippen LogP contribution in [0.15, 0.2) is 35.9 Å². The SMILES string of the molecule is CCOC(=O)c1ccc(NC2C=C(C)C(=O)CC(C)(C)C2O)cc1. The van der Waals surface area contributed by atoms with Gasteiger partial charge in [-0.1, -0.05) is 19.9 Å². The molecule has 0 bridgehead atoms. The number of ketones is 1. The highest BCUT2D eigenvalue weighted by Gasteiger charge is 2.38. The van der Waals surface area contributed by atoms with Gasteiger partial charge in [-0.25, -0.2) is 4.79 Å². The number of allylic oxidation sites excluding steroid dienone is 1. The maximum atomic E-state index is 12.1. The highest BCUT2D eigenvalue weighted by molar-refractivity contribution is 5.95. The molecule has 0 radical (unpaired) electrons. The van der Waals surface area contributed by atoms with Gasteiger partial charge in [0, 0.05) is 17.5 Å². The average Bonchev–Trinajstić information content (AvgIpc) is 2.59. The second kappa shape index (κ2) is 7.18. The highest BCUT2D eigenvalue weighted by Crippen LogP contribution is 2.33. The van der Waals surface area contributed by atoms with Crippen LogP contribution in [0, 0.1) is 5.41 Å². The Morgan fingerprint density at radius 3 is 2.54 bits per heavy atom. The molecule has 0 heterocycles. The second-order valence-electron chi connectivity index (χ2n) is 6.85. The molecular weight excluding hydrogens is 306 g/mol. The molecule has 2 N–H and O–H groups in total. The molecule has 24 heavy (non-hydrogen) atoms. The molecule has 5 heteroatoms. The summed E-state index contributed by atoms with van der Waals surface area (Å²) in [4.78, 5) is 23.8. The van der Waals surface area contributed by atoms with Gasteiger partial charge in [0.25, 0.3) is 0 Å². The standard InChI is InChI=1S/C19H25NO4/c1-5-24-18(23)13-6-8-14(9-7-13)20-15-10-12(2)16(21)11-19(3,4)17(15)22/h6-10,15,17,20,22H,5,11H2,1-4H3. The van der Waals surface area contributed by atoms with E-state index in [4.69, 9.17) is 4.74 Å². The monoisotopic (exact) mass is 331 g/mol. The molecule has 0 fully saturated rings. The van der Waals surface area contributed by atoms with Crippen molar-refractivity contribution in [1.82, 2.24) is 0 Å². The van der Waals surface area contributed by atoms with Crippen LogP contribution in [-0.4, -0.2) is 35.6 Å². The van der Waals surface area contributed by atoms with Crippen LogP contribution in [-0.2, 0) is 9.53 Å². The molecule has 0 aromatic heterocycles. The first-order valence-corrected chi connectivity index (χ1v) is 8.18. The molecule has 2 unspecified atom stereocenters. The zero-order valence-corrected chi connectivity index (χ0v) is 14.6. The van der Waals surface area contributed by atoms with E-state index in [9.17, 15) is 14.7 Å². The maximum Gasteiger partial charge on any atom is 0.338 e. The lowest BCUT2D eigenvalue weighted by Gasteiger charge is -2.33. The Morgan fingerprint density at radius 2 is 1.96 bits per heavy atom. The molecule has 5 nitrogen and oxygen atoms in total. The number of carbonyl (C=O) groups excluding carboxylic acids is 2. The van der Waals surface area contributed by atoms with Crippen LogP contribution in [0.5, 0.6) is 0 Å². The number of rotatable bonds is 4. The third kappa shape index (κ3) is 4.03. The van der Waals surface area contributed by atoms with Crippen LogP contribution < -0.4 is 5.32 Å². The number of aliphatic hydroxyl groups is 1. The summed E-state index contributed by atoms with van der Waals surface area (Å²) in [6.45, 7) is 7.65. The van der Waals surface area contributed by atoms with Crippen molar-refractivity contribution in [3.8, 4) is 0 Å². The number of benzene rings is 1. The van der Waals surface area contributed by atoms with Crippen LogP contribution in [0.3, 0.4) is 0 Å². The van der Waals surface area contributed by atoms with E-state index in [2.05, 4.69) is 5.32 Å². The normalized spacial score (nSPS) is 23.2. The zero-order chi connectivity index (χ0) is 17.9. The number of anilines is 1. The number of carbonyl (C=O) groups is 2. The Balaban J connectivity index is 2.19. The van der Waals surface area contributed by atoms with Crippen LogP contribution >= 0.6 is 0 Å². The molecule has 0 saturated carbocycles. The lowest BCUT2D eigenvalue weighted by atomic mass is 9.80. The van der Waals surface area contributed by atoms with Gasteiger partial charge in [0.1, 0.15) is 0 Å². The number of nitrogens with one attached hydrogen (secondary N) is 1. The quantitative estimate of drug-likeness (QED) is 0.830. The Bertz CT molecular complexity index is 646. The van der Waals surface area contributed by atoms with Gasteiger partial charge in [-0.15, -0.1) is 0 Å². The summed E-state index contributed by atoms with van der Waals surface area (Å²) >= 11 is 0. The molecule has 130 valence electrons. The van der Waals surface area contributed by atoms with E-state index in [1.54, 1.807) is 44.2 Å². The fourth-order valence-corrected chi connectivity index (χ4v) is 2.83. The number of ether oxygens (including phenoxy) is 1. The van der Waals surface area contributed by atoms with Crippen molar-refractivity contribution in [3.05, 3.63) is 41.5 Å². The lowest BCUT2D eigenvalue weighted by molar-refractivity contribution is -0.118. The van der Waals surface area contributed by atoms with Gasteiger partial charge in [0.2, 0.25) is 0 Å². The molecule has 2 rings (SSSR count). The van der Waals surface area contributed by atoms with E-state index in [0.717, 1.165) is 5.69 Å². The molecule has 1 aliphatic rings. The highest BCUT2D eigenvalue weighted by atomic mass is 16.5. The first-order chi connectivity index (χ1) is 11.2. The van der Waals surface area contributed by atoms with E-state index in [0.29, 0.717) is 24.2 Å². The van der Waals surface area contributed by atoms with Gasteiger partial charge in [-0.3, -0.25) is 4.79 Å². The molecule has 0 aliphatic heterocycles. The summed E-state index contributed by atoms with van der Waals surface area (Å²) in [6, 6.07) is 6.51. The Morgan fingerprint density at radius 1 is 1.33 bits per heavy atom.